The molecule has 2 aromatic rings. The molecule has 0 aliphatic heterocycles. The molecular weight excluding hydrogens is 244 g/mol. The molecule has 2 nitrogen and oxygen atoms in total. The highest BCUT2D eigenvalue weighted by Gasteiger charge is 2.41. The molecule has 1 aliphatic rings. The molecule has 3 atom stereocenters. The molecule has 1 aliphatic carbocycles. The van der Waals surface area contributed by atoms with Crippen LogP contribution in [0.15, 0.2) is 60.7 Å². The fourth-order valence-electron chi connectivity index (χ4n) is 3.44. The Kier molecular flexibility index (Phi) is 3.60. The van der Waals surface area contributed by atoms with Gasteiger partial charge in [-0.25, -0.2) is 0 Å². The standard InChI is InChI=1S/C18H22N2/c19-16-11-12-18(20,15-9-5-2-6-10-15)17(13-16)14-7-3-1-4-8-14/h1-10,16-17H,11-13,19-20H2. The number of hydrogen-bond acceptors (Lipinski definition) is 2. The maximum Gasteiger partial charge on any atom is 0.0480 e. The molecule has 2 heteroatoms. The zero-order chi connectivity index (χ0) is 14.0. The van der Waals surface area contributed by atoms with E-state index in [1.165, 1.54) is 11.1 Å². The number of benzene rings is 2. The maximum atomic E-state index is 6.86. The van der Waals surface area contributed by atoms with Crippen molar-refractivity contribution in [2.45, 2.75) is 36.8 Å². The van der Waals surface area contributed by atoms with Gasteiger partial charge in [-0.2, -0.15) is 0 Å². The molecule has 1 fully saturated rings. The smallest absolute Gasteiger partial charge is 0.0480 e. The van der Waals surface area contributed by atoms with Gasteiger partial charge in [-0.15, -0.1) is 0 Å². The van der Waals surface area contributed by atoms with Gasteiger partial charge in [-0.1, -0.05) is 60.7 Å². The largest absolute Gasteiger partial charge is 0.328 e. The Hall–Kier alpha value is -1.64. The third kappa shape index (κ3) is 2.37. The van der Waals surface area contributed by atoms with E-state index in [4.69, 9.17) is 11.5 Å². The summed E-state index contributed by atoms with van der Waals surface area (Å²) >= 11 is 0. The molecule has 4 N–H and O–H groups in total. The normalized spacial score (nSPS) is 30.1. The van der Waals surface area contributed by atoms with Gasteiger partial charge in [0.1, 0.15) is 0 Å². The lowest BCUT2D eigenvalue weighted by molar-refractivity contribution is 0.233. The van der Waals surface area contributed by atoms with E-state index >= 15 is 0 Å². The van der Waals surface area contributed by atoms with Gasteiger partial charge in [0.2, 0.25) is 0 Å². The minimum atomic E-state index is -0.307. The summed E-state index contributed by atoms with van der Waals surface area (Å²) in [6.45, 7) is 0. The number of nitrogens with two attached hydrogens (primary N) is 2. The van der Waals surface area contributed by atoms with Crippen molar-refractivity contribution in [3.8, 4) is 0 Å². The Balaban J connectivity index is 2.03. The molecule has 104 valence electrons. The van der Waals surface area contributed by atoms with Crippen LogP contribution in [0.4, 0.5) is 0 Å². The zero-order valence-corrected chi connectivity index (χ0v) is 11.7. The lowest BCUT2D eigenvalue weighted by Crippen LogP contribution is -2.49. The highest BCUT2D eigenvalue weighted by atomic mass is 14.8. The molecular formula is C18H22N2. The van der Waals surface area contributed by atoms with Crippen molar-refractivity contribution in [2.75, 3.05) is 0 Å². The average Bonchev–Trinajstić information content (AvgIpc) is 2.51. The first-order valence-electron chi connectivity index (χ1n) is 7.35. The second-order valence-corrected chi connectivity index (χ2v) is 5.90. The molecule has 0 radical (unpaired) electrons. The Morgan fingerprint density at radius 3 is 2.15 bits per heavy atom. The van der Waals surface area contributed by atoms with Crippen LogP contribution in [0.5, 0.6) is 0 Å². The molecule has 0 saturated heterocycles. The third-order valence-corrected chi connectivity index (χ3v) is 4.60. The van der Waals surface area contributed by atoms with Crippen molar-refractivity contribution in [3.05, 3.63) is 71.8 Å². The van der Waals surface area contributed by atoms with E-state index in [1.54, 1.807) is 0 Å². The minimum Gasteiger partial charge on any atom is -0.328 e. The molecule has 2 aromatic carbocycles. The van der Waals surface area contributed by atoms with Crippen LogP contribution in [0.3, 0.4) is 0 Å². The monoisotopic (exact) mass is 266 g/mol. The minimum absolute atomic E-state index is 0.251. The first-order chi connectivity index (χ1) is 9.70. The van der Waals surface area contributed by atoms with Crippen molar-refractivity contribution in [1.29, 1.82) is 0 Å². The van der Waals surface area contributed by atoms with Crippen LogP contribution in [0, 0.1) is 0 Å². The molecule has 3 rings (SSSR count). The lowest BCUT2D eigenvalue weighted by Gasteiger charge is -2.44. The number of hydrogen-bond donors (Lipinski definition) is 2. The topological polar surface area (TPSA) is 52.0 Å². The predicted molar refractivity (Wildman–Crippen MR) is 83.3 cm³/mol. The van der Waals surface area contributed by atoms with Crippen molar-refractivity contribution in [3.63, 3.8) is 0 Å². The Morgan fingerprint density at radius 1 is 0.900 bits per heavy atom. The Bertz CT molecular complexity index is 552. The number of rotatable bonds is 2. The van der Waals surface area contributed by atoms with E-state index in [2.05, 4.69) is 48.5 Å². The van der Waals surface area contributed by atoms with Gasteiger partial charge in [0.25, 0.3) is 0 Å². The van der Waals surface area contributed by atoms with E-state index < -0.39 is 0 Å². The Morgan fingerprint density at radius 2 is 1.50 bits per heavy atom. The molecule has 0 heterocycles. The lowest BCUT2D eigenvalue weighted by atomic mass is 9.65. The van der Waals surface area contributed by atoms with Crippen molar-refractivity contribution < 1.29 is 0 Å². The van der Waals surface area contributed by atoms with Crippen LogP contribution < -0.4 is 11.5 Å². The summed E-state index contributed by atoms with van der Waals surface area (Å²) in [6.07, 6.45) is 2.89. The van der Waals surface area contributed by atoms with Crippen LogP contribution in [-0.2, 0) is 5.54 Å². The first kappa shape index (κ1) is 13.3. The van der Waals surface area contributed by atoms with Gasteiger partial charge in [0, 0.05) is 17.5 Å². The van der Waals surface area contributed by atoms with Gasteiger partial charge >= 0.3 is 0 Å². The molecule has 0 aromatic heterocycles. The van der Waals surface area contributed by atoms with E-state index in [9.17, 15) is 0 Å². The second kappa shape index (κ2) is 5.39. The van der Waals surface area contributed by atoms with E-state index in [0.29, 0.717) is 0 Å². The summed E-state index contributed by atoms with van der Waals surface area (Å²) in [4.78, 5) is 0. The van der Waals surface area contributed by atoms with Gasteiger partial charge < -0.3 is 11.5 Å². The van der Waals surface area contributed by atoms with Crippen LogP contribution in [0.25, 0.3) is 0 Å². The Labute approximate surface area is 120 Å². The van der Waals surface area contributed by atoms with Gasteiger partial charge in [0.15, 0.2) is 0 Å². The van der Waals surface area contributed by atoms with Crippen molar-refractivity contribution in [1.82, 2.24) is 0 Å². The van der Waals surface area contributed by atoms with Crippen LogP contribution in [0.1, 0.15) is 36.3 Å². The van der Waals surface area contributed by atoms with E-state index in [-0.39, 0.29) is 17.5 Å². The summed E-state index contributed by atoms with van der Waals surface area (Å²) in [5.74, 6) is 0.287. The first-order valence-corrected chi connectivity index (χ1v) is 7.35. The van der Waals surface area contributed by atoms with Crippen molar-refractivity contribution in [2.24, 2.45) is 11.5 Å². The highest BCUT2D eigenvalue weighted by Crippen LogP contribution is 2.45. The summed E-state index contributed by atoms with van der Waals surface area (Å²) in [5, 5.41) is 0. The molecule has 3 unspecified atom stereocenters. The van der Waals surface area contributed by atoms with Crippen LogP contribution >= 0.6 is 0 Å². The van der Waals surface area contributed by atoms with Crippen molar-refractivity contribution >= 4 is 0 Å². The summed E-state index contributed by atoms with van der Waals surface area (Å²) in [6, 6.07) is 21.3. The van der Waals surface area contributed by atoms with Crippen LogP contribution in [0.2, 0.25) is 0 Å². The SMILES string of the molecule is NC1CCC(N)(c2ccccc2)C(c2ccccc2)C1. The summed E-state index contributed by atoms with van der Waals surface area (Å²) in [5.41, 5.74) is 15.3. The average molecular weight is 266 g/mol. The summed E-state index contributed by atoms with van der Waals surface area (Å²) in [7, 11) is 0. The zero-order valence-electron chi connectivity index (χ0n) is 11.7. The molecule has 0 amide bonds. The predicted octanol–water partition coefficient (Wildman–Crippen LogP) is 3.14. The molecule has 0 spiro atoms. The fraction of sp³-hybridized carbons (Fsp3) is 0.333. The van der Waals surface area contributed by atoms with E-state index in [1.807, 2.05) is 12.1 Å². The molecule has 1 saturated carbocycles. The quantitative estimate of drug-likeness (QED) is 0.877. The highest BCUT2D eigenvalue weighted by molar-refractivity contribution is 5.34. The third-order valence-electron chi connectivity index (χ3n) is 4.60. The van der Waals surface area contributed by atoms with Crippen LogP contribution in [-0.4, -0.2) is 6.04 Å². The molecule has 0 bridgehead atoms. The van der Waals surface area contributed by atoms with Gasteiger partial charge in [0.05, 0.1) is 0 Å². The fourth-order valence-corrected chi connectivity index (χ4v) is 3.44. The molecule has 20 heavy (non-hydrogen) atoms. The summed E-state index contributed by atoms with van der Waals surface area (Å²) < 4.78 is 0. The second-order valence-electron chi connectivity index (χ2n) is 5.90. The van der Waals surface area contributed by atoms with E-state index in [0.717, 1.165) is 19.3 Å². The van der Waals surface area contributed by atoms with Gasteiger partial charge in [-0.05, 0) is 30.4 Å². The maximum absolute atomic E-state index is 6.86. The van der Waals surface area contributed by atoms with Gasteiger partial charge in [-0.3, -0.25) is 0 Å².